The van der Waals surface area contributed by atoms with Gasteiger partial charge in [0.15, 0.2) is 6.54 Å². The molecule has 1 aliphatic rings. The number of halogens is 1. The first kappa shape index (κ1) is 13.6. The number of hydrogen-bond donors (Lipinski definition) is 2. The number of rotatable bonds is 2. The number of benzene rings is 2. The second kappa shape index (κ2) is 5.54. The van der Waals surface area contributed by atoms with Crippen molar-refractivity contribution in [3.63, 3.8) is 0 Å². The predicted octanol–water partition coefficient (Wildman–Crippen LogP) is 2.53. The quantitative estimate of drug-likeness (QED) is 0.821. The zero-order chi connectivity index (χ0) is 14.8. The molecular formula is C17H15ClN3+. The first-order valence-corrected chi connectivity index (χ1v) is 6.98. The summed E-state index contributed by atoms with van der Waals surface area (Å²) in [5, 5.41) is 4.01. The van der Waals surface area contributed by atoms with Crippen LogP contribution in [-0.2, 0) is 0 Å². The summed E-state index contributed by atoms with van der Waals surface area (Å²) < 4.78 is 0. The molecule has 0 aromatic heterocycles. The minimum absolute atomic E-state index is 0.631. The zero-order valence-electron chi connectivity index (χ0n) is 11.5. The van der Waals surface area contributed by atoms with E-state index in [0.717, 1.165) is 33.9 Å². The van der Waals surface area contributed by atoms with Crippen LogP contribution in [0.4, 0.5) is 11.4 Å². The molecule has 1 aliphatic heterocycles. The van der Waals surface area contributed by atoms with E-state index in [2.05, 4.69) is 28.6 Å². The number of nitrogens with one attached hydrogen (secondary N) is 2. The van der Waals surface area contributed by atoms with Crippen molar-refractivity contribution in [2.45, 2.75) is 0 Å². The SMILES string of the molecule is C=Nc1ccc2c(c1)C(c1ccccc1Cl)=[NH+]CC(=C)N2. The molecule has 0 saturated heterocycles. The molecule has 0 unspecified atom stereocenters. The second-order valence-electron chi connectivity index (χ2n) is 4.82. The monoisotopic (exact) mass is 296 g/mol. The van der Waals surface area contributed by atoms with Crippen LogP contribution in [0.5, 0.6) is 0 Å². The molecule has 0 bridgehead atoms. The maximum atomic E-state index is 6.35. The molecule has 0 atom stereocenters. The van der Waals surface area contributed by atoms with Gasteiger partial charge in [0.2, 0.25) is 5.71 Å². The number of fused-ring (bicyclic) bond motifs is 1. The third-order valence-electron chi connectivity index (χ3n) is 3.39. The van der Waals surface area contributed by atoms with Crippen molar-refractivity contribution in [2.24, 2.45) is 4.99 Å². The molecule has 0 aliphatic carbocycles. The van der Waals surface area contributed by atoms with Crippen LogP contribution in [0.2, 0.25) is 5.02 Å². The maximum Gasteiger partial charge on any atom is 0.216 e. The normalized spacial score (nSPS) is 13.8. The highest BCUT2D eigenvalue weighted by Crippen LogP contribution is 2.27. The van der Waals surface area contributed by atoms with Crippen molar-refractivity contribution in [1.29, 1.82) is 0 Å². The van der Waals surface area contributed by atoms with Gasteiger partial charge in [0.25, 0.3) is 0 Å². The van der Waals surface area contributed by atoms with Crippen molar-refractivity contribution < 1.29 is 4.99 Å². The highest BCUT2D eigenvalue weighted by molar-refractivity contribution is 6.35. The highest BCUT2D eigenvalue weighted by atomic mass is 35.5. The lowest BCUT2D eigenvalue weighted by Crippen LogP contribution is -2.73. The first-order chi connectivity index (χ1) is 10.2. The summed E-state index contributed by atoms with van der Waals surface area (Å²) >= 11 is 6.35. The van der Waals surface area contributed by atoms with Gasteiger partial charge >= 0.3 is 0 Å². The summed E-state index contributed by atoms with van der Waals surface area (Å²) in [6, 6.07) is 13.7. The molecule has 0 fully saturated rings. The highest BCUT2D eigenvalue weighted by Gasteiger charge is 2.23. The lowest BCUT2D eigenvalue weighted by atomic mass is 10.00. The second-order valence-corrected chi connectivity index (χ2v) is 5.23. The van der Waals surface area contributed by atoms with Crippen LogP contribution in [-0.4, -0.2) is 19.0 Å². The molecule has 2 aromatic carbocycles. The fourth-order valence-corrected chi connectivity index (χ4v) is 2.61. The van der Waals surface area contributed by atoms with Gasteiger partial charge in [-0.1, -0.05) is 30.3 Å². The molecule has 0 amide bonds. The molecular weight excluding hydrogens is 282 g/mol. The maximum absolute atomic E-state index is 6.35. The van der Waals surface area contributed by atoms with Crippen molar-refractivity contribution in [2.75, 3.05) is 11.9 Å². The number of nitrogens with zero attached hydrogens (tertiary/aromatic N) is 1. The summed E-state index contributed by atoms with van der Waals surface area (Å²) in [5.74, 6) is 0. The van der Waals surface area contributed by atoms with Crippen LogP contribution in [0.1, 0.15) is 11.1 Å². The van der Waals surface area contributed by atoms with E-state index < -0.39 is 0 Å². The van der Waals surface area contributed by atoms with Gasteiger partial charge in [-0.05, 0) is 37.0 Å². The number of benzodiazepines with no additional fused rings is 1. The minimum Gasteiger partial charge on any atom is -0.354 e. The van der Waals surface area contributed by atoms with Crippen molar-refractivity contribution in [1.82, 2.24) is 0 Å². The van der Waals surface area contributed by atoms with Crippen molar-refractivity contribution in [3.8, 4) is 0 Å². The van der Waals surface area contributed by atoms with Crippen LogP contribution >= 0.6 is 11.6 Å². The Hall–Kier alpha value is -2.39. The third kappa shape index (κ3) is 2.60. The lowest BCUT2D eigenvalue weighted by molar-refractivity contribution is -0.445. The van der Waals surface area contributed by atoms with E-state index in [0.29, 0.717) is 11.6 Å². The molecule has 0 spiro atoms. The Morgan fingerprint density at radius 3 is 2.71 bits per heavy atom. The molecule has 21 heavy (non-hydrogen) atoms. The Kier molecular flexibility index (Phi) is 3.59. The third-order valence-corrected chi connectivity index (χ3v) is 3.72. The first-order valence-electron chi connectivity index (χ1n) is 6.60. The zero-order valence-corrected chi connectivity index (χ0v) is 12.2. The molecule has 3 nitrogen and oxygen atoms in total. The summed E-state index contributed by atoms with van der Waals surface area (Å²) in [5.41, 5.74) is 5.62. The van der Waals surface area contributed by atoms with E-state index in [1.165, 1.54) is 0 Å². The fraction of sp³-hybridized carbons (Fsp3) is 0.0588. The fourth-order valence-electron chi connectivity index (χ4n) is 2.38. The molecule has 1 heterocycles. The largest absolute Gasteiger partial charge is 0.354 e. The summed E-state index contributed by atoms with van der Waals surface area (Å²) in [6.07, 6.45) is 0. The van der Waals surface area contributed by atoms with Gasteiger partial charge in [-0.2, -0.15) is 0 Å². The molecule has 0 radical (unpaired) electrons. The van der Waals surface area contributed by atoms with Gasteiger partial charge < -0.3 is 5.32 Å². The van der Waals surface area contributed by atoms with Gasteiger partial charge in [0.1, 0.15) is 0 Å². The Morgan fingerprint density at radius 2 is 1.95 bits per heavy atom. The predicted molar refractivity (Wildman–Crippen MR) is 88.9 cm³/mol. The van der Waals surface area contributed by atoms with Gasteiger partial charge in [-0.25, -0.2) is 4.99 Å². The Bertz CT molecular complexity index is 762. The Balaban J connectivity index is 2.24. The smallest absolute Gasteiger partial charge is 0.216 e. The van der Waals surface area contributed by atoms with Gasteiger partial charge in [-0.15, -0.1) is 0 Å². The average molecular weight is 297 g/mol. The standard InChI is InChI=1S/C17H14ClN3/c1-11-10-20-17(13-5-3-4-6-15(13)18)14-9-12(19-2)7-8-16(14)21-11/h3-9,21H,1-2,10H2/p+1. The van der Waals surface area contributed by atoms with Crippen LogP contribution < -0.4 is 10.3 Å². The topological polar surface area (TPSA) is 38.4 Å². The van der Waals surface area contributed by atoms with Crippen molar-refractivity contribution in [3.05, 3.63) is 70.9 Å². The number of anilines is 1. The molecule has 2 aromatic rings. The molecule has 3 rings (SSSR count). The number of aliphatic imine (C=N–C) groups is 1. The van der Waals surface area contributed by atoms with E-state index in [9.17, 15) is 0 Å². The van der Waals surface area contributed by atoms with Crippen LogP contribution in [0.15, 0.2) is 59.7 Å². The van der Waals surface area contributed by atoms with Crippen molar-refractivity contribution >= 4 is 35.4 Å². The van der Waals surface area contributed by atoms with Gasteiger partial charge in [0.05, 0.1) is 33.2 Å². The molecule has 104 valence electrons. The Labute approximate surface area is 128 Å². The minimum atomic E-state index is 0.631. The number of hydrogen-bond acceptors (Lipinski definition) is 2. The van der Waals surface area contributed by atoms with E-state index >= 15 is 0 Å². The molecule has 4 heteroatoms. The Morgan fingerprint density at radius 1 is 1.14 bits per heavy atom. The summed E-state index contributed by atoms with van der Waals surface area (Å²) in [4.78, 5) is 7.41. The van der Waals surface area contributed by atoms with Crippen LogP contribution in [0, 0.1) is 0 Å². The molecule has 2 N–H and O–H groups in total. The van der Waals surface area contributed by atoms with E-state index in [4.69, 9.17) is 11.6 Å². The van der Waals surface area contributed by atoms with Gasteiger partial charge in [0, 0.05) is 0 Å². The van der Waals surface area contributed by atoms with Crippen LogP contribution in [0.25, 0.3) is 0 Å². The van der Waals surface area contributed by atoms with Gasteiger partial charge in [-0.3, -0.25) is 4.99 Å². The molecule has 0 saturated carbocycles. The van der Waals surface area contributed by atoms with E-state index in [1.54, 1.807) is 0 Å². The van der Waals surface area contributed by atoms with Crippen LogP contribution in [0.3, 0.4) is 0 Å². The summed E-state index contributed by atoms with van der Waals surface area (Å²) in [6.45, 7) is 8.23. The van der Waals surface area contributed by atoms with E-state index in [-0.39, 0.29) is 0 Å². The van der Waals surface area contributed by atoms with E-state index in [1.807, 2.05) is 42.5 Å². The average Bonchev–Trinajstić information content (AvgIpc) is 2.65. The lowest BCUT2D eigenvalue weighted by Gasteiger charge is -2.09. The summed E-state index contributed by atoms with van der Waals surface area (Å²) in [7, 11) is 0.